The van der Waals surface area contributed by atoms with Crippen molar-refractivity contribution < 1.29 is 4.79 Å². The number of aryl methyl sites for hydroxylation is 1. The van der Waals surface area contributed by atoms with Gasteiger partial charge in [-0.1, -0.05) is 19.1 Å². The van der Waals surface area contributed by atoms with Crippen LogP contribution in [-0.4, -0.2) is 17.4 Å². The molecule has 0 spiro atoms. The number of carbonyl (C=O) groups excluding carboxylic acids is 1. The van der Waals surface area contributed by atoms with Crippen LogP contribution >= 0.6 is 22.7 Å². The van der Waals surface area contributed by atoms with Crippen molar-refractivity contribution >= 4 is 38.8 Å². The predicted octanol–water partition coefficient (Wildman–Crippen LogP) is 4.20. The van der Waals surface area contributed by atoms with Gasteiger partial charge in [0.1, 0.15) is 0 Å². The van der Waals surface area contributed by atoms with E-state index < -0.39 is 0 Å². The largest absolute Gasteiger partial charge is 0.351 e. The number of nitrogens with one attached hydrogen (secondary N) is 1. The Morgan fingerprint density at radius 1 is 1.33 bits per heavy atom. The van der Waals surface area contributed by atoms with Gasteiger partial charge in [-0.15, -0.1) is 22.7 Å². The third-order valence-electron chi connectivity index (χ3n) is 3.37. The minimum atomic E-state index is 0.00969. The summed E-state index contributed by atoms with van der Waals surface area (Å²) in [4.78, 5) is 17.6. The first-order valence-electron chi connectivity index (χ1n) is 6.83. The Balaban J connectivity index is 1.67. The lowest BCUT2D eigenvalue weighted by Crippen LogP contribution is -2.27. The first-order valence-corrected chi connectivity index (χ1v) is 8.52. The molecule has 0 aliphatic rings. The number of hydrogen-bond donors (Lipinski definition) is 1. The smallest absolute Gasteiger partial charge is 0.261 e. The molecule has 0 saturated carbocycles. The summed E-state index contributed by atoms with van der Waals surface area (Å²) in [6, 6.07) is 10.1. The van der Waals surface area contributed by atoms with Crippen LogP contribution in [0.15, 0.2) is 35.7 Å². The molecular formula is C16H16N2OS2. The number of benzene rings is 1. The Bertz CT molecular complexity index is 742. The maximum Gasteiger partial charge on any atom is 0.261 e. The maximum atomic E-state index is 12.1. The zero-order valence-electron chi connectivity index (χ0n) is 11.9. The third kappa shape index (κ3) is 2.99. The van der Waals surface area contributed by atoms with E-state index >= 15 is 0 Å². The highest BCUT2D eigenvalue weighted by molar-refractivity contribution is 7.18. The van der Waals surface area contributed by atoms with Crippen molar-refractivity contribution in [1.82, 2.24) is 10.3 Å². The van der Waals surface area contributed by atoms with Gasteiger partial charge in [0.25, 0.3) is 5.91 Å². The number of thiazole rings is 1. The summed E-state index contributed by atoms with van der Waals surface area (Å²) >= 11 is 3.18. The van der Waals surface area contributed by atoms with E-state index in [4.69, 9.17) is 0 Å². The Morgan fingerprint density at radius 3 is 2.86 bits per heavy atom. The van der Waals surface area contributed by atoms with Crippen LogP contribution in [0.2, 0.25) is 0 Å². The second-order valence-corrected chi connectivity index (χ2v) is 7.04. The highest BCUT2D eigenvalue weighted by atomic mass is 32.1. The van der Waals surface area contributed by atoms with Gasteiger partial charge in [0, 0.05) is 12.5 Å². The number of nitrogens with zero attached hydrogens (tertiary/aromatic N) is 1. The summed E-state index contributed by atoms with van der Waals surface area (Å²) in [5.41, 5.74) is 2.06. The Morgan fingerprint density at radius 2 is 2.14 bits per heavy atom. The van der Waals surface area contributed by atoms with E-state index in [-0.39, 0.29) is 11.8 Å². The topological polar surface area (TPSA) is 42.0 Å². The fraction of sp³-hybridized carbons (Fsp3) is 0.250. The van der Waals surface area contributed by atoms with E-state index in [1.165, 1.54) is 16.0 Å². The van der Waals surface area contributed by atoms with Crippen molar-refractivity contribution in [1.29, 1.82) is 0 Å². The standard InChI is InChI=1S/C16H16N2OS2/c1-10-7-8-20-14(10)15(19)17-9-11(2)16-18-12-5-3-4-6-13(12)21-16/h3-8,11H,9H2,1-2H3,(H,17,19). The van der Waals surface area contributed by atoms with Gasteiger partial charge in [0.2, 0.25) is 0 Å². The van der Waals surface area contributed by atoms with Gasteiger partial charge in [-0.2, -0.15) is 0 Å². The quantitative estimate of drug-likeness (QED) is 0.784. The number of carbonyl (C=O) groups is 1. The molecule has 1 N–H and O–H groups in total. The van der Waals surface area contributed by atoms with Crippen LogP contribution in [0.25, 0.3) is 10.2 Å². The summed E-state index contributed by atoms with van der Waals surface area (Å²) in [6.45, 7) is 4.66. The number of hydrogen-bond acceptors (Lipinski definition) is 4. The van der Waals surface area contributed by atoms with Gasteiger partial charge in [-0.05, 0) is 36.1 Å². The van der Waals surface area contributed by atoms with Crippen LogP contribution in [0.1, 0.15) is 33.1 Å². The minimum absolute atomic E-state index is 0.00969. The van der Waals surface area contributed by atoms with E-state index in [1.807, 2.05) is 36.6 Å². The van der Waals surface area contributed by atoms with E-state index in [2.05, 4.69) is 23.3 Å². The van der Waals surface area contributed by atoms with Gasteiger partial charge >= 0.3 is 0 Å². The number of fused-ring (bicyclic) bond motifs is 1. The lowest BCUT2D eigenvalue weighted by atomic mass is 10.2. The van der Waals surface area contributed by atoms with Crippen molar-refractivity contribution in [3.8, 4) is 0 Å². The molecule has 21 heavy (non-hydrogen) atoms. The number of rotatable bonds is 4. The molecule has 5 heteroatoms. The lowest BCUT2D eigenvalue weighted by molar-refractivity contribution is 0.0955. The zero-order chi connectivity index (χ0) is 14.8. The Hall–Kier alpha value is -1.72. The fourth-order valence-corrected chi connectivity index (χ4v) is 3.98. The molecule has 0 aliphatic carbocycles. The first-order chi connectivity index (χ1) is 10.1. The number of para-hydroxylation sites is 1. The Labute approximate surface area is 131 Å². The second kappa shape index (κ2) is 5.95. The monoisotopic (exact) mass is 316 g/mol. The van der Waals surface area contributed by atoms with Gasteiger partial charge in [-0.3, -0.25) is 4.79 Å². The molecule has 2 heterocycles. The van der Waals surface area contributed by atoms with E-state index in [0.717, 1.165) is 21.0 Å². The number of thiophene rings is 1. The number of amides is 1. The van der Waals surface area contributed by atoms with Gasteiger partial charge in [0.15, 0.2) is 0 Å². The first kappa shape index (κ1) is 14.2. The van der Waals surface area contributed by atoms with Crippen molar-refractivity contribution in [3.63, 3.8) is 0 Å². The average Bonchev–Trinajstić information content (AvgIpc) is 3.10. The summed E-state index contributed by atoms with van der Waals surface area (Å²) in [7, 11) is 0. The molecule has 1 unspecified atom stereocenters. The van der Waals surface area contributed by atoms with Gasteiger partial charge in [-0.25, -0.2) is 4.98 Å². The van der Waals surface area contributed by atoms with Gasteiger partial charge in [0.05, 0.1) is 20.1 Å². The highest BCUT2D eigenvalue weighted by Crippen LogP contribution is 2.27. The molecule has 0 radical (unpaired) electrons. The second-order valence-electron chi connectivity index (χ2n) is 5.06. The lowest BCUT2D eigenvalue weighted by Gasteiger charge is -2.09. The molecule has 3 nitrogen and oxygen atoms in total. The third-order valence-corrected chi connectivity index (χ3v) is 5.65. The minimum Gasteiger partial charge on any atom is -0.351 e. The summed E-state index contributed by atoms with van der Waals surface area (Å²) in [5.74, 6) is 0.224. The molecule has 108 valence electrons. The van der Waals surface area contributed by atoms with E-state index in [9.17, 15) is 4.79 Å². The molecule has 3 rings (SSSR count). The summed E-state index contributed by atoms with van der Waals surface area (Å²) < 4.78 is 1.19. The number of aromatic nitrogens is 1. The van der Waals surface area contributed by atoms with Crippen LogP contribution in [0, 0.1) is 6.92 Å². The van der Waals surface area contributed by atoms with Crippen LogP contribution in [0.3, 0.4) is 0 Å². The summed E-state index contributed by atoms with van der Waals surface area (Å²) in [6.07, 6.45) is 0. The summed E-state index contributed by atoms with van der Waals surface area (Å²) in [5, 5.41) is 6.02. The van der Waals surface area contributed by atoms with Crippen molar-refractivity contribution in [2.24, 2.45) is 0 Å². The zero-order valence-corrected chi connectivity index (χ0v) is 13.6. The molecule has 1 aromatic carbocycles. The normalized spacial score (nSPS) is 12.5. The predicted molar refractivity (Wildman–Crippen MR) is 89.4 cm³/mol. The SMILES string of the molecule is Cc1ccsc1C(=O)NCC(C)c1nc2ccccc2s1. The van der Waals surface area contributed by atoms with Crippen LogP contribution < -0.4 is 5.32 Å². The maximum absolute atomic E-state index is 12.1. The Kier molecular flexibility index (Phi) is 4.03. The molecular weight excluding hydrogens is 300 g/mol. The average molecular weight is 316 g/mol. The molecule has 0 saturated heterocycles. The van der Waals surface area contributed by atoms with E-state index in [1.54, 1.807) is 11.3 Å². The molecule has 1 atom stereocenters. The van der Waals surface area contributed by atoms with Crippen molar-refractivity contribution in [2.75, 3.05) is 6.54 Å². The van der Waals surface area contributed by atoms with Crippen molar-refractivity contribution in [2.45, 2.75) is 19.8 Å². The molecule has 0 bridgehead atoms. The molecule has 0 fully saturated rings. The van der Waals surface area contributed by atoms with E-state index in [0.29, 0.717) is 6.54 Å². The van der Waals surface area contributed by atoms with Crippen molar-refractivity contribution in [3.05, 3.63) is 51.2 Å². The highest BCUT2D eigenvalue weighted by Gasteiger charge is 2.15. The molecule has 1 amide bonds. The van der Waals surface area contributed by atoms with Crippen LogP contribution in [0.5, 0.6) is 0 Å². The molecule has 2 aromatic heterocycles. The molecule has 3 aromatic rings. The molecule has 0 aliphatic heterocycles. The fourth-order valence-electron chi connectivity index (χ4n) is 2.12. The van der Waals surface area contributed by atoms with Crippen LogP contribution in [0.4, 0.5) is 0 Å². The van der Waals surface area contributed by atoms with Gasteiger partial charge < -0.3 is 5.32 Å². The van der Waals surface area contributed by atoms with Crippen LogP contribution in [-0.2, 0) is 0 Å².